The number of alkyl halides is 6. The minimum atomic E-state index is -6.09. The summed E-state index contributed by atoms with van der Waals surface area (Å²) in [7, 11) is -12.2. The van der Waals surface area contributed by atoms with Crippen LogP contribution in [0.15, 0.2) is 18.2 Å². The number of hydrogen-bond donors (Lipinski definition) is 0. The van der Waals surface area contributed by atoms with E-state index < -0.39 is 31.3 Å². The summed E-state index contributed by atoms with van der Waals surface area (Å²) in [5, 5.41) is 0. The van der Waals surface area contributed by atoms with Crippen LogP contribution in [0.5, 0.6) is 0 Å². The first-order chi connectivity index (χ1) is 10.5. The van der Waals surface area contributed by atoms with E-state index in [2.05, 4.69) is 18.2 Å². The summed E-state index contributed by atoms with van der Waals surface area (Å²) in [6, 6.07) is 0. The molecule has 0 aromatic rings. The molecule has 0 fully saturated rings. The van der Waals surface area contributed by atoms with Crippen molar-refractivity contribution in [2.45, 2.75) is 36.7 Å². The molecule has 0 aliphatic heterocycles. The Balaban J connectivity index is -0.000000285. The van der Waals surface area contributed by atoms with Gasteiger partial charge in [0.1, 0.15) is 0 Å². The molecule has 150 valence electrons. The van der Waals surface area contributed by atoms with Gasteiger partial charge < -0.3 is 9.11 Å². The Bertz CT molecular complexity index is 565. The van der Waals surface area contributed by atoms with Crippen LogP contribution in [-0.2, 0) is 39.7 Å². The van der Waals surface area contributed by atoms with Crippen molar-refractivity contribution in [1.82, 2.24) is 0 Å². The monoisotopic (exact) mass is 508 g/mol. The van der Waals surface area contributed by atoms with Crippen LogP contribution in [0.2, 0.25) is 0 Å². The molecule has 0 bridgehead atoms. The zero-order valence-electron chi connectivity index (χ0n) is 11.9. The molecule has 0 spiro atoms. The molecular formula is C10H11F6O6RhS2. The standard InChI is InChI=1S/C8H11.2CHF3O3S.Rh/c1-2-4-6-8-7-5-3-1;2*2-1(3,4)8(5,6)7;/h1-3H,4,6-8H2;2*(H,5,6,7);/q-1;;;+3/p-2. The van der Waals surface area contributed by atoms with Gasteiger partial charge in [0.2, 0.25) is 0 Å². The molecule has 0 amide bonds. The molecule has 0 radical (unpaired) electrons. The van der Waals surface area contributed by atoms with E-state index in [1.165, 1.54) is 19.3 Å². The molecule has 1 rings (SSSR count). The second-order valence-electron chi connectivity index (χ2n) is 3.84. The maximum Gasteiger partial charge on any atom is 3.00 e. The van der Waals surface area contributed by atoms with Gasteiger partial charge in [0.25, 0.3) is 0 Å². The fourth-order valence-electron chi connectivity index (χ4n) is 0.805. The largest absolute Gasteiger partial charge is 3.00 e. The molecule has 25 heavy (non-hydrogen) atoms. The van der Waals surface area contributed by atoms with Crippen molar-refractivity contribution in [2.75, 3.05) is 0 Å². The van der Waals surface area contributed by atoms with Crippen LogP contribution in [0.4, 0.5) is 26.3 Å². The van der Waals surface area contributed by atoms with Crippen molar-refractivity contribution in [2.24, 2.45) is 0 Å². The molecule has 0 aromatic carbocycles. The van der Waals surface area contributed by atoms with E-state index in [9.17, 15) is 26.3 Å². The average Bonchev–Trinajstić information content (AvgIpc) is 2.23. The predicted molar refractivity (Wildman–Crippen MR) is 66.9 cm³/mol. The van der Waals surface area contributed by atoms with Crippen molar-refractivity contribution in [3.63, 3.8) is 0 Å². The number of rotatable bonds is 0. The van der Waals surface area contributed by atoms with Gasteiger partial charge in [0.15, 0.2) is 20.2 Å². The summed E-state index contributed by atoms with van der Waals surface area (Å²) in [5.41, 5.74) is -11.3. The molecule has 15 heteroatoms. The van der Waals surface area contributed by atoms with Crippen LogP contribution in [0.3, 0.4) is 0 Å². The first kappa shape index (κ1) is 29.3. The van der Waals surface area contributed by atoms with Crippen molar-refractivity contribution >= 4 is 20.2 Å². The zero-order chi connectivity index (χ0) is 19.7. The SMILES string of the molecule is O=S(=O)([O-])C(F)(F)F.O=S(=O)([O-])C(F)(F)F.[C-]1=CC=CCCCC1.[Rh+3]. The third-order valence-corrected chi connectivity index (χ3v) is 2.99. The van der Waals surface area contributed by atoms with Gasteiger partial charge in [-0.25, -0.2) is 29.0 Å². The van der Waals surface area contributed by atoms with Gasteiger partial charge in [-0.1, -0.05) is 19.3 Å². The molecule has 0 heterocycles. The summed E-state index contributed by atoms with van der Waals surface area (Å²) >= 11 is 0. The van der Waals surface area contributed by atoms with E-state index >= 15 is 0 Å². The first-order valence-electron chi connectivity index (χ1n) is 5.76. The minimum Gasteiger partial charge on any atom is -0.741 e. The average molecular weight is 508 g/mol. The quantitative estimate of drug-likeness (QED) is 0.163. The molecule has 0 saturated heterocycles. The molecule has 6 nitrogen and oxygen atoms in total. The van der Waals surface area contributed by atoms with E-state index in [-0.39, 0.29) is 19.5 Å². The van der Waals surface area contributed by atoms with Crippen molar-refractivity contribution < 1.29 is 71.8 Å². The van der Waals surface area contributed by atoms with Gasteiger partial charge in [-0.2, -0.15) is 32.4 Å². The fraction of sp³-hybridized carbons (Fsp3) is 0.600. The summed E-state index contributed by atoms with van der Waals surface area (Å²) in [5.74, 6) is 0. The maximum atomic E-state index is 10.7. The Hall–Kier alpha value is -0.497. The van der Waals surface area contributed by atoms with Crippen LogP contribution < -0.4 is 0 Å². The van der Waals surface area contributed by atoms with Crippen LogP contribution in [-0.4, -0.2) is 37.0 Å². The number of halogens is 6. The first-order valence-corrected chi connectivity index (χ1v) is 8.58. The minimum absolute atomic E-state index is 0. The molecule has 1 aliphatic carbocycles. The molecule has 0 unspecified atom stereocenters. The summed E-state index contributed by atoms with van der Waals surface area (Å²) in [6.45, 7) is 0. The van der Waals surface area contributed by atoms with E-state index in [1.807, 2.05) is 6.08 Å². The van der Waals surface area contributed by atoms with Crippen LogP contribution in [0, 0.1) is 6.08 Å². The second-order valence-corrected chi connectivity index (χ2v) is 6.59. The van der Waals surface area contributed by atoms with Crippen molar-refractivity contribution in [3.05, 3.63) is 24.3 Å². The molecule has 0 saturated carbocycles. The topological polar surface area (TPSA) is 114 Å². The third-order valence-electron chi connectivity index (χ3n) is 1.86. The summed E-state index contributed by atoms with van der Waals surface area (Å²) in [6.07, 6.45) is 14.5. The Morgan fingerprint density at radius 1 is 0.840 bits per heavy atom. The van der Waals surface area contributed by atoms with Gasteiger partial charge in [0, 0.05) is 0 Å². The van der Waals surface area contributed by atoms with E-state index in [4.69, 9.17) is 25.9 Å². The van der Waals surface area contributed by atoms with Gasteiger partial charge in [-0.15, -0.1) is 6.42 Å². The maximum absolute atomic E-state index is 10.7. The van der Waals surface area contributed by atoms with Crippen molar-refractivity contribution in [3.8, 4) is 0 Å². The van der Waals surface area contributed by atoms with E-state index in [0.29, 0.717) is 0 Å². The van der Waals surface area contributed by atoms with Crippen LogP contribution in [0.1, 0.15) is 25.7 Å². The molecular weight excluding hydrogens is 497 g/mol. The zero-order valence-corrected chi connectivity index (χ0v) is 15.2. The smallest absolute Gasteiger partial charge is 0.741 e. The van der Waals surface area contributed by atoms with E-state index in [1.54, 1.807) is 0 Å². The second kappa shape index (κ2) is 12.0. The molecule has 0 aromatic heterocycles. The van der Waals surface area contributed by atoms with E-state index in [0.717, 1.165) is 6.42 Å². The Kier molecular flexibility index (Phi) is 14.0. The Morgan fingerprint density at radius 3 is 1.52 bits per heavy atom. The van der Waals surface area contributed by atoms with Crippen LogP contribution in [0.25, 0.3) is 0 Å². The number of allylic oxidation sites excluding steroid dienone is 4. The third kappa shape index (κ3) is 16.7. The molecule has 0 atom stereocenters. The molecule has 1 aliphatic rings. The summed E-state index contributed by atoms with van der Waals surface area (Å²) < 4.78 is 118. The fourth-order valence-corrected chi connectivity index (χ4v) is 0.805. The van der Waals surface area contributed by atoms with Gasteiger partial charge in [0.05, 0.1) is 0 Å². The van der Waals surface area contributed by atoms with Gasteiger partial charge >= 0.3 is 30.5 Å². The van der Waals surface area contributed by atoms with Crippen LogP contribution >= 0.6 is 0 Å². The summed E-state index contributed by atoms with van der Waals surface area (Å²) in [4.78, 5) is 0. The Labute approximate surface area is 153 Å². The van der Waals surface area contributed by atoms with Gasteiger partial charge in [-0.3, -0.25) is 6.08 Å². The Morgan fingerprint density at radius 2 is 1.20 bits per heavy atom. The normalized spacial score (nSPS) is 15.4. The number of hydrogen-bond acceptors (Lipinski definition) is 6. The predicted octanol–water partition coefficient (Wildman–Crippen LogP) is 2.58. The molecule has 0 N–H and O–H groups in total. The van der Waals surface area contributed by atoms with Gasteiger partial charge in [-0.05, 0) is 0 Å². The van der Waals surface area contributed by atoms with Crippen molar-refractivity contribution in [1.29, 1.82) is 0 Å².